The monoisotopic (exact) mass is 477 g/mol. The molecule has 1 atom stereocenters. The van der Waals surface area contributed by atoms with Crippen molar-refractivity contribution in [3.05, 3.63) is 40.9 Å². The van der Waals surface area contributed by atoms with Gasteiger partial charge >= 0.3 is 6.03 Å². The average Bonchev–Trinajstić information content (AvgIpc) is 3.18. The van der Waals surface area contributed by atoms with Gasteiger partial charge < -0.3 is 20.7 Å². The van der Waals surface area contributed by atoms with Crippen LogP contribution in [-0.2, 0) is 0 Å². The first-order valence-corrected chi connectivity index (χ1v) is 12.7. The third-order valence-electron chi connectivity index (χ3n) is 6.85. The third-order valence-corrected chi connectivity index (χ3v) is 7.94. The highest BCUT2D eigenvalue weighted by Crippen LogP contribution is 2.46. The first-order valence-electron chi connectivity index (χ1n) is 11.9. The van der Waals surface area contributed by atoms with Gasteiger partial charge in [-0.05, 0) is 75.4 Å². The molecule has 1 saturated carbocycles. The first-order chi connectivity index (χ1) is 16.6. The lowest BCUT2D eigenvalue weighted by Gasteiger charge is -2.30. The number of thiophene rings is 1. The summed E-state index contributed by atoms with van der Waals surface area (Å²) in [6, 6.07) is 7.47. The normalized spacial score (nSPS) is 20.1. The lowest BCUT2D eigenvalue weighted by molar-refractivity contribution is 0.0935. The number of benzene rings is 1. The Morgan fingerprint density at radius 3 is 2.82 bits per heavy atom. The Balaban J connectivity index is 1.34. The second-order valence-corrected chi connectivity index (χ2v) is 10.2. The number of aryl methyl sites for hydroxylation is 1. The van der Waals surface area contributed by atoms with E-state index in [-0.39, 0.29) is 18.0 Å². The van der Waals surface area contributed by atoms with E-state index in [0.717, 1.165) is 71.7 Å². The molecule has 8 nitrogen and oxygen atoms in total. The lowest BCUT2D eigenvalue weighted by atomic mass is 9.96. The molecule has 3 aromatic rings. The number of nitrogens with one attached hydrogen (secondary N) is 3. The number of rotatable bonds is 5. The molecule has 3 amide bonds. The molecule has 9 heteroatoms. The van der Waals surface area contributed by atoms with E-state index in [0.29, 0.717) is 16.7 Å². The molecule has 2 aliphatic heterocycles. The quantitative estimate of drug-likeness (QED) is 0.495. The van der Waals surface area contributed by atoms with Crippen LogP contribution in [0.2, 0.25) is 0 Å². The lowest BCUT2D eigenvalue weighted by Crippen LogP contribution is -2.45. The molecule has 3 aliphatic rings. The zero-order valence-corrected chi connectivity index (χ0v) is 19.8. The van der Waals surface area contributed by atoms with Gasteiger partial charge in [0.2, 0.25) is 0 Å². The van der Waals surface area contributed by atoms with E-state index >= 15 is 0 Å². The van der Waals surface area contributed by atoms with Crippen LogP contribution in [0.1, 0.15) is 47.3 Å². The van der Waals surface area contributed by atoms with Gasteiger partial charge in [0.05, 0.1) is 28.6 Å². The van der Waals surface area contributed by atoms with E-state index in [9.17, 15) is 9.59 Å². The van der Waals surface area contributed by atoms with Crippen LogP contribution in [0.4, 0.5) is 21.9 Å². The highest BCUT2D eigenvalue weighted by atomic mass is 32.1. The molecular weight excluding hydrogens is 450 g/mol. The maximum absolute atomic E-state index is 13.4. The van der Waals surface area contributed by atoms with E-state index in [1.807, 2.05) is 31.2 Å². The molecule has 176 valence electrons. The van der Waals surface area contributed by atoms with Crippen LogP contribution in [0.5, 0.6) is 5.75 Å². The average molecular weight is 478 g/mol. The predicted octanol–water partition coefficient (Wildman–Crippen LogP) is 4.70. The van der Waals surface area contributed by atoms with Crippen LogP contribution in [0.25, 0.3) is 10.2 Å². The smallest absolute Gasteiger partial charge is 0.331 e. The van der Waals surface area contributed by atoms with Gasteiger partial charge in [0.1, 0.15) is 15.5 Å². The van der Waals surface area contributed by atoms with Gasteiger partial charge in [-0.1, -0.05) is 0 Å². The van der Waals surface area contributed by atoms with Crippen LogP contribution < -0.4 is 25.6 Å². The highest BCUT2D eigenvalue weighted by molar-refractivity contribution is 7.21. The topological polar surface area (TPSA) is 95.6 Å². The highest BCUT2D eigenvalue weighted by Gasteiger charge is 2.34. The fourth-order valence-electron chi connectivity index (χ4n) is 4.84. The van der Waals surface area contributed by atoms with Gasteiger partial charge in [-0.15, -0.1) is 11.3 Å². The molecule has 2 aromatic heterocycles. The van der Waals surface area contributed by atoms with E-state index in [1.54, 1.807) is 11.1 Å². The Bertz CT molecular complexity index is 1280. The molecule has 1 aromatic carbocycles. The maximum atomic E-state index is 13.4. The van der Waals surface area contributed by atoms with Crippen molar-refractivity contribution >= 4 is 50.6 Å². The summed E-state index contributed by atoms with van der Waals surface area (Å²) in [5.74, 6) is 0.663. The molecule has 1 unspecified atom stereocenters. The molecule has 0 spiro atoms. The Morgan fingerprint density at radius 1 is 1.21 bits per heavy atom. The molecule has 6 rings (SSSR count). The molecule has 0 bridgehead atoms. The van der Waals surface area contributed by atoms with Crippen molar-refractivity contribution in [1.29, 1.82) is 0 Å². The summed E-state index contributed by atoms with van der Waals surface area (Å²) < 4.78 is 6.03. The van der Waals surface area contributed by atoms with E-state index < -0.39 is 0 Å². The zero-order valence-electron chi connectivity index (χ0n) is 19.0. The van der Waals surface area contributed by atoms with Gasteiger partial charge in [0.15, 0.2) is 0 Å². The number of urea groups is 1. The van der Waals surface area contributed by atoms with Crippen LogP contribution >= 0.6 is 11.3 Å². The number of hydrogen-bond acceptors (Lipinski definition) is 6. The Morgan fingerprint density at radius 2 is 2.09 bits per heavy atom. The van der Waals surface area contributed by atoms with Gasteiger partial charge in [-0.25, -0.2) is 9.78 Å². The van der Waals surface area contributed by atoms with E-state index in [2.05, 4.69) is 20.9 Å². The molecular formula is C25H27N5O3S. The van der Waals surface area contributed by atoms with Crippen molar-refractivity contribution in [1.82, 2.24) is 15.6 Å². The number of piperidine rings is 1. The maximum Gasteiger partial charge on any atom is 0.331 e. The number of anilines is 3. The number of nitrogens with zero attached hydrogens (tertiary/aromatic N) is 2. The van der Waals surface area contributed by atoms with E-state index in [4.69, 9.17) is 4.74 Å². The number of hydrogen-bond donors (Lipinski definition) is 3. The summed E-state index contributed by atoms with van der Waals surface area (Å²) >= 11 is 1.32. The van der Waals surface area contributed by atoms with Gasteiger partial charge in [-0.2, -0.15) is 0 Å². The van der Waals surface area contributed by atoms with Crippen molar-refractivity contribution < 1.29 is 14.3 Å². The van der Waals surface area contributed by atoms with Gasteiger partial charge in [0.25, 0.3) is 5.91 Å². The fourth-order valence-corrected chi connectivity index (χ4v) is 5.87. The zero-order chi connectivity index (χ0) is 23.2. The van der Waals surface area contributed by atoms with Crippen molar-refractivity contribution in [2.45, 2.75) is 51.2 Å². The number of amides is 3. The van der Waals surface area contributed by atoms with Gasteiger partial charge in [-0.3, -0.25) is 9.69 Å². The van der Waals surface area contributed by atoms with Crippen molar-refractivity contribution in [2.24, 2.45) is 0 Å². The minimum absolute atomic E-state index is 0.0881. The summed E-state index contributed by atoms with van der Waals surface area (Å²) in [7, 11) is 0. The molecule has 1 saturated heterocycles. The van der Waals surface area contributed by atoms with Crippen molar-refractivity contribution in [3.63, 3.8) is 0 Å². The summed E-state index contributed by atoms with van der Waals surface area (Å²) in [4.78, 5) is 33.9. The number of pyridine rings is 1. The number of aromatic nitrogens is 1. The molecule has 34 heavy (non-hydrogen) atoms. The second kappa shape index (κ2) is 8.56. The molecule has 1 aliphatic carbocycles. The third kappa shape index (κ3) is 3.69. The van der Waals surface area contributed by atoms with Crippen LogP contribution in [0, 0.1) is 6.92 Å². The summed E-state index contributed by atoms with van der Waals surface area (Å²) in [6.45, 7) is 3.72. The summed E-state index contributed by atoms with van der Waals surface area (Å²) in [5, 5.41) is 10.2. The van der Waals surface area contributed by atoms with Crippen LogP contribution in [0.3, 0.4) is 0 Å². The Kier molecular flexibility index (Phi) is 5.38. The van der Waals surface area contributed by atoms with E-state index in [1.165, 1.54) is 17.8 Å². The fraction of sp³-hybridized carbons (Fsp3) is 0.400. The van der Waals surface area contributed by atoms with Crippen molar-refractivity contribution in [3.8, 4) is 5.75 Å². The standard InChI is InChI=1S/C25H27N5O3S/c1-14-12-17(33-16-5-2-6-16)7-8-18(14)30-19-9-11-27-24-20(19)21(29-25(30)32)22(34-24)23(31)28-15-4-3-10-26-13-15/h7-9,11-12,15-16,26H,2-6,10,13H2,1H3,(H,28,31)(H,29,32). The van der Waals surface area contributed by atoms with Gasteiger partial charge in [0, 0.05) is 18.8 Å². The summed E-state index contributed by atoms with van der Waals surface area (Å²) in [5.41, 5.74) is 3.00. The SMILES string of the molecule is Cc1cc(OC2CCC2)ccc1N1C(=O)Nc2c(C(=O)NC3CCCNC3)sc3nccc1c23. The molecule has 4 heterocycles. The number of carbonyl (C=O) groups is 2. The molecule has 2 fully saturated rings. The van der Waals surface area contributed by atoms with Crippen LogP contribution in [-0.4, -0.2) is 42.2 Å². The number of ether oxygens (including phenoxy) is 1. The Hall–Kier alpha value is -3.17. The van der Waals surface area contributed by atoms with Crippen molar-refractivity contribution in [2.75, 3.05) is 23.3 Å². The van der Waals surface area contributed by atoms with Crippen LogP contribution in [0.15, 0.2) is 30.5 Å². The number of carbonyl (C=O) groups excluding carboxylic acids is 2. The Labute approximate surface area is 201 Å². The minimum Gasteiger partial charge on any atom is -0.490 e. The molecule has 3 N–H and O–H groups in total. The first kappa shape index (κ1) is 21.4. The second-order valence-electron chi connectivity index (χ2n) is 9.22. The molecule has 0 radical (unpaired) electrons. The largest absolute Gasteiger partial charge is 0.490 e. The summed E-state index contributed by atoms with van der Waals surface area (Å²) in [6.07, 6.45) is 7.38. The predicted molar refractivity (Wildman–Crippen MR) is 134 cm³/mol. The minimum atomic E-state index is -0.289.